The number of carboxylic acids is 1. The Morgan fingerprint density at radius 1 is 1.19 bits per heavy atom. The van der Waals surface area contributed by atoms with Crippen molar-refractivity contribution in [3.63, 3.8) is 0 Å². The fourth-order valence-electron chi connectivity index (χ4n) is 1.24. The van der Waals surface area contributed by atoms with Gasteiger partial charge in [-0.2, -0.15) is 8.39 Å². The quantitative estimate of drug-likeness (QED) is 0.610. The molecule has 2 unspecified atom stereocenters. The minimum absolute atomic E-state index is 0.130. The van der Waals surface area contributed by atoms with Gasteiger partial charge in [-0.25, -0.2) is 9.59 Å². The van der Waals surface area contributed by atoms with E-state index in [1.54, 1.807) is 0 Å². The Hall–Kier alpha value is -1.89. The summed E-state index contributed by atoms with van der Waals surface area (Å²) in [7, 11) is -5.01. The summed E-state index contributed by atoms with van der Waals surface area (Å²) in [5.74, 6) is -1.39. The molecule has 1 aromatic rings. The minimum atomic E-state index is -3.40. The van der Waals surface area contributed by atoms with Gasteiger partial charge in [-0.3, -0.25) is 10.1 Å². The van der Waals surface area contributed by atoms with Crippen LogP contribution >= 0.6 is 17.6 Å². The summed E-state index contributed by atoms with van der Waals surface area (Å²) >= 11 is 0. The molecule has 2 atom stereocenters. The van der Waals surface area contributed by atoms with E-state index < -0.39 is 35.3 Å². The van der Waals surface area contributed by atoms with Crippen LogP contribution in [0.25, 0.3) is 0 Å². The van der Waals surface area contributed by atoms with E-state index in [4.69, 9.17) is 10.00 Å². The number of anilines is 2. The summed E-state index contributed by atoms with van der Waals surface area (Å²) in [5.41, 5.74) is -2.01. The fourth-order valence-corrected chi connectivity index (χ4v) is 1.59. The van der Waals surface area contributed by atoms with Gasteiger partial charge in [-0.15, -0.1) is 0 Å². The Labute approximate surface area is 119 Å². The number of carbonyl (C=O) groups excluding carboxylic acids is 2. The zero-order valence-corrected chi connectivity index (χ0v) is 11.9. The third-order valence-electron chi connectivity index (χ3n) is 1.98. The number of nitrogens with one attached hydrogen (secondary N) is 2. The normalized spacial score (nSPS) is 12.0. The molecule has 0 fully saturated rings. The predicted octanol–water partition coefficient (Wildman–Crippen LogP) is 3.22. The standard InChI is InChI=1S/C9H8F2N2O6P2/c10-20-19-8(16)12-5-1-4(7(14)15)2-6(3-5)13-9(17)21(11)18/h1-3,18,20H,(H,12,16)(H,13,17)(H,14,15). The van der Waals surface area contributed by atoms with Gasteiger partial charge in [-0.05, 0) is 18.2 Å². The molecule has 0 aliphatic rings. The van der Waals surface area contributed by atoms with Crippen LogP contribution in [0, 0.1) is 0 Å². The third kappa shape index (κ3) is 5.55. The van der Waals surface area contributed by atoms with E-state index in [1.807, 2.05) is 10.6 Å². The zero-order valence-electron chi connectivity index (χ0n) is 9.96. The number of carbonyl (C=O) groups is 3. The lowest BCUT2D eigenvalue weighted by atomic mass is 10.1. The molecular weight excluding hydrogens is 332 g/mol. The van der Waals surface area contributed by atoms with Crippen LogP contribution in [0.4, 0.5) is 29.4 Å². The molecule has 0 bridgehead atoms. The number of amides is 2. The highest BCUT2D eigenvalue weighted by Gasteiger charge is 2.17. The molecule has 1 aromatic carbocycles. The smallest absolute Gasteiger partial charge is 0.416 e. The predicted molar refractivity (Wildman–Crippen MR) is 72.2 cm³/mol. The Kier molecular flexibility index (Phi) is 6.36. The largest absolute Gasteiger partial charge is 0.478 e. The van der Waals surface area contributed by atoms with Crippen molar-refractivity contribution in [1.82, 2.24) is 0 Å². The SMILES string of the molecule is O=C(Nc1cc(NC(=O)P(O)F)cc(C(=O)O)c1)OPF. The highest BCUT2D eigenvalue weighted by atomic mass is 31.2. The first-order valence-electron chi connectivity index (χ1n) is 5.01. The van der Waals surface area contributed by atoms with Gasteiger partial charge in [-0.1, -0.05) is 0 Å². The Balaban J connectivity index is 3.03. The highest BCUT2D eigenvalue weighted by molar-refractivity contribution is 7.65. The maximum atomic E-state index is 12.4. The Morgan fingerprint density at radius 3 is 2.24 bits per heavy atom. The second kappa shape index (κ2) is 7.78. The second-order valence-electron chi connectivity index (χ2n) is 3.39. The van der Waals surface area contributed by atoms with Crippen molar-refractivity contribution >= 4 is 46.7 Å². The molecule has 4 N–H and O–H groups in total. The van der Waals surface area contributed by atoms with Crippen molar-refractivity contribution in [3.05, 3.63) is 23.8 Å². The van der Waals surface area contributed by atoms with Gasteiger partial charge in [0.25, 0.3) is 9.12 Å². The first-order valence-corrected chi connectivity index (χ1v) is 6.98. The molecule has 0 saturated heterocycles. The van der Waals surface area contributed by atoms with E-state index in [1.165, 1.54) is 0 Å². The van der Waals surface area contributed by atoms with Gasteiger partial charge < -0.3 is 19.8 Å². The number of hydrogen-bond donors (Lipinski definition) is 4. The average molecular weight is 340 g/mol. The van der Waals surface area contributed by atoms with Gasteiger partial charge in [0.05, 0.1) is 5.56 Å². The van der Waals surface area contributed by atoms with Crippen LogP contribution in [-0.2, 0) is 4.52 Å². The third-order valence-corrected chi connectivity index (χ3v) is 2.69. The number of halogens is 2. The van der Waals surface area contributed by atoms with Crippen molar-refractivity contribution < 1.29 is 37.3 Å². The van der Waals surface area contributed by atoms with Crippen LogP contribution in [0.3, 0.4) is 0 Å². The Bertz CT molecular complexity index is 571. The first-order chi connectivity index (χ1) is 9.83. The molecule has 114 valence electrons. The van der Waals surface area contributed by atoms with E-state index in [-0.39, 0.29) is 16.9 Å². The van der Waals surface area contributed by atoms with Crippen LogP contribution in [0.15, 0.2) is 18.2 Å². The fraction of sp³-hybridized carbons (Fsp3) is 0. The van der Waals surface area contributed by atoms with Crippen molar-refractivity contribution in [2.45, 2.75) is 0 Å². The van der Waals surface area contributed by atoms with Crippen LogP contribution < -0.4 is 10.6 Å². The van der Waals surface area contributed by atoms with Crippen LogP contribution in [0.1, 0.15) is 10.4 Å². The summed E-state index contributed by atoms with van der Waals surface area (Å²) in [6, 6.07) is 3.07. The summed E-state index contributed by atoms with van der Waals surface area (Å²) in [6.45, 7) is 0. The summed E-state index contributed by atoms with van der Waals surface area (Å²) in [4.78, 5) is 41.4. The molecule has 1 rings (SSSR count). The first kappa shape index (κ1) is 17.2. The number of aromatic carboxylic acids is 1. The molecule has 0 aromatic heterocycles. The number of hydrogen-bond acceptors (Lipinski definition) is 5. The summed E-state index contributed by atoms with van der Waals surface area (Å²) in [5, 5.41) is 12.8. The monoisotopic (exact) mass is 340 g/mol. The maximum Gasteiger partial charge on any atom is 0.416 e. The summed E-state index contributed by atoms with van der Waals surface area (Å²) in [6.07, 6.45) is -1.18. The van der Waals surface area contributed by atoms with Crippen molar-refractivity contribution in [3.8, 4) is 0 Å². The molecule has 0 spiro atoms. The van der Waals surface area contributed by atoms with Gasteiger partial charge >= 0.3 is 26.2 Å². The molecule has 8 nitrogen and oxygen atoms in total. The highest BCUT2D eigenvalue weighted by Crippen LogP contribution is 2.34. The van der Waals surface area contributed by atoms with Crippen LogP contribution in [-0.4, -0.2) is 27.7 Å². The Morgan fingerprint density at radius 2 is 1.76 bits per heavy atom. The molecule has 12 heteroatoms. The molecule has 0 heterocycles. The molecule has 0 aliphatic carbocycles. The molecular formula is C9H8F2N2O6P2. The van der Waals surface area contributed by atoms with Crippen LogP contribution in [0.5, 0.6) is 0 Å². The van der Waals surface area contributed by atoms with E-state index in [0.29, 0.717) is 0 Å². The van der Waals surface area contributed by atoms with Gasteiger partial charge in [0, 0.05) is 11.4 Å². The lowest BCUT2D eigenvalue weighted by Gasteiger charge is -2.09. The lowest BCUT2D eigenvalue weighted by molar-refractivity contribution is 0.0697. The molecule has 0 radical (unpaired) electrons. The molecule has 21 heavy (non-hydrogen) atoms. The molecule has 0 saturated carbocycles. The van der Waals surface area contributed by atoms with Crippen molar-refractivity contribution in [2.75, 3.05) is 10.6 Å². The zero-order chi connectivity index (χ0) is 16.0. The van der Waals surface area contributed by atoms with Crippen LogP contribution in [0.2, 0.25) is 0 Å². The molecule has 2 amide bonds. The lowest BCUT2D eigenvalue weighted by Crippen LogP contribution is -2.12. The van der Waals surface area contributed by atoms with E-state index >= 15 is 0 Å². The second-order valence-corrected chi connectivity index (χ2v) is 4.67. The van der Waals surface area contributed by atoms with E-state index in [2.05, 4.69) is 4.52 Å². The number of rotatable bonds is 5. The maximum absolute atomic E-state index is 12.4. The minimum Gasteiger partial charge on any atom is -0.478 e. The number of benzene rings is 1. The average Bonchev–Trinajstić information content (AvgIpc) is 2.38. The topological polar surface area (TPSA) is 125 Å². The van der Waals surface area contributed by atoms with Gasteiger partial charge in [0.2, 0.25) is 0 Å². The van der Waals surface area contributed by atoms with Gasteiger partial charge in [0.1, 0.15) is 0 Å². The molecule has 0 aliphatic heterocycles. The number of carboxylic acid groups (broad SMARTS) is 1. The van der Waals surface area contributed by atoms with Gasteiger partial charge in [0.15, 0.2) is 0 Å². The van der Waals surface area contributed by atoms with E-state index in [9.17, 15) is 22.8 Å². The van der Waals surface area contributed by atoms with Crippen molar-refractivity contribution in [2.24, 2.45) is 0 Å². The van der Waals surface area contributed by atoms with Crippen molar-refractivity contribution in [1.29, 1.82) is 0 Å². The summed E-state index contributed by atoms with van der Waals surface area (Å²) < 4.78 is 28.2. The van der Waals surface area contributed by atoms with E-state index in [0.717, 1.165) is 18.2 Å².